The van der Waals surface area contributed by atoms with Crippen molar-refractivity contribution in [1.29, 1.82) is 0 Å². The fourth-order valence-corrected chi connectivity index (χ4v) is 2.33. The topological polar surface area (TPSA) is 97.6 Å². The van der Waals surface area contributed by atoms with Crippen molar-refractivity contribution in [3.63, 3.8) is 0 Å². The third-order valence-electron chi connectivity index (χ3n) is 3.45. The Labute approximate surface area is 155 Å². The molecule has 8 heteroatoms. The van der Waals surface area contributed by atoms with Gasteiger partial charge in [0.1, 0.15) is 0 Å². The zero-order valence-corrected chi connectivity index (χ0v) is 14.9. The van der Waals surface area contributed by atoms with Crippen LogP contribution in [0.5, 0.6) is 0 Å². The van der Waals surface area contributed by atoms with Crippen LogP contribution in [0.2, 0.25) is 5.02 Å². The van der Waals surface area contributed by atoms with Crippen molar-refractivity contribution in [2.24, 2.45) is 0 Å². The highest BCUT2D eigenvalue weighted by Gasteiger charge is 2.13. The number of carbonyl (C=O) groups is 3. The van der Waals surface area contributed by atoms with Gasteiger partial charge in [-0.05, 0) is 36.8 Å². The second kappa shape index (κ2) is 9.62. The van der Waals surface area contributed by atoms with Gasteiger partial charge in [0.15, 0.2) is 12.4 Å². The minimum Gasteiger partial charge on any atom is -0.459 e. The molecule has 0 spiro atoms. The van der Waals surface area contributed by atoms with Crippen molar-refractivity contribution in [3.05, 3.63) is 59.0 Å². The highest BCUT2D eigenvalue weighted by atomic mass is 35.5. The van der Waals surface area contributed by atoms with Gasteiger partial charge in [0.05, 0.1) is 18.7 Å². The molecule has 2 amide bonds. The molecule has 2 rings (SSSR count). The van der Waals surface area contributed by atoms with E-state index in [1.807, 2.05) is 6.07 Å². The lowest BCUT2D eigenvalue weighted by Gasteiger charge is -2.14. The Balaban J connectivity index is 1.65. The van der Waals surface area contributed by atoms with Gasteiger partial charge in [0, 0.05) is 11.6 Å². The van der Waals surface area contributed by atoms with E-state index >= 15 is 0 Å². The quantitative estimate of drug-likeness (QED) is 0.688. The van der Waals surface area contributed by atoms with Gasteiger partial charge in [-0.25, -0.2) is 0 Å². The highest BCUT2D eigenvalue weighted by Crippen LogP contribution is 2.17. The van der Waals surface area contributed by atoms with E-state index in [2.05, 4.69) is 10.6 Å². The van der Waals surface area contributed by atoms with E-state index in [0.717, 1.165) is 5.56 Å². The smallest absolute Gasteiger partial charge is 0.308 e. The summed E-state index contributed by atoms with van der Waals surface area (Å²) < 4.78 is 9.81. The molecule has 2 N–H and O–H groups in total. The SMILES string of the molecule is C[C@H](NC(=O)COC(=O)CCNC(=O)c1ccco1)c1cccc(Cl)c1. The van der Waals surface area contributed by atoms with Crippen molar-refractivity contribution < 1.29 is 23.5 Å². The zero-order valence-electron chi connectivity index (χ0n) is 14.2. The van der Waals surface area contributed by atoms with Crippen LogP contribution in [0.3, 0.4) is 0 Å². The fourth-order valence-electron chi connectivity index (χ4n) is 2.13. The van der Waals surface area contributed by atoms with Crippen molar-refractivity contribution in [3.8, 4) is 0 Å². The summed E-state index contributed by atoms with van der Waals surface area (Å²) in [6, 6.07) is 9.95. The molecule has 1 aromatic heterocycles. The summed E-state index contributed by atoms with van der Waals surface area (Å²) in [6.45, 7) is 1.49. The van der Waals surface area contributed by atoms with Crippen LogP contribution in [0, 0.1) is 0 Å². The Morgan fingerprint density at radius 1 is 1.23 bits per heavy atom. The van der Waals surface area contributed by atoms with Crippen LogP contribution >= 0.6 is 11.6 Å². The maximum Gasteiger partial charge on any atom is 0.308 e. The van der Waals surface area contributed by atoms with Crippen molar-refractivity contribution in [2.45, 2.75) is 19.4 Å². The average molecular weight is 379 g/mol. The second-order valence-electron chi connectivity index (χ2n) is 5.49. The van der Waals surface area contributed by atoms with Gasteiger partial charge < -0.3 is 19.8 Å². The van der Waals surface area contributed by atoms with E-state index in [4.69, 9.17) is 20.8 Å². The first-order valence-corrected chi connectivity index (χ1v) is 8.35. The van der Waals surface area contributed by atoms with Gasteiger partial charge in [-0.3, -0.25) is 14.4 Å². The number of halogens is 1. The Morgan fingerprint density at radius 2 is 2.04 bits per heavy atom. The number of hydrogen-bond donors (Lipinski definition) is 2. The molecule has 0 unspecified atom stereocenters. The molecule has 138 valence electrons. The minimum absolute atomic E-state index is 0.0520. The number of hydrogen-bond acceptors (Lipinski definition) is 5. The van der Waals surface area contributed by atoms with Crippen molar-refractivity contribution in [2.75, 3.05) is 13.2 Å². The molecule has 26 heavy (non-hydrogen) atoms. The lowest BCUT2D eigenvalue weighted by Crippen LogP contribution is -2.32. The normalized spacial score (nSPS) is 11.5. The number of furan rings is 1. The van der Waals surface area contributed by atoms with Gasteiger partial charge in [-0.1, -0.05) is 23.7 Å². The summed E-state index contributed by atoms with van der Waals surface area (Å²) in [5.74, 6) is -1.27. The Kier molecular flexibility index (Phi) is 7.23. The first kappa shape index (κ1) is 19.5. The van der Waals surface area contributed by atoms with E-state index in [1.165, 1.54) is 12.3 Å². The summed E-state index contributed by atoms with van der Waals surface area (Å²) >= 11 is 5.91. The first-order valence-electron chi connectivity index (χ1n) is 7.98. The molecule has 7 nitrogen and oxygen atoms in total. The third-order valence-corrected chi connectivity index (χ3v) is 3.69. The molecule has 0 aliphatic heterocycles. The molecule has 1 atom stereocenters. The van der Waals surface area contributed by atoms with Crippen LogP contribution in [0.25, 0.3) is 0 Å². The van der Waals surface area contributed by atoms with Crippen LogP contribution in [0.1, 0.15) is 35.5 Å². The average Bonchev–Trinajstić information content (AvgIpc) is 3.14. The number of esters is 1. The number of rotatable bonds is 8. The molecule has 0 fully saturated rings. The van der Waals surface area contributed by atoms with Gasteiger partial charge >= 0.3 is 5.97 Å². The molecule has 2 aromatic rings. The molecule has 0 aliphatic carbocycles. The maximum atomic E-state index is 11.9. The molecule has 0 aliphatic rings. The Hall–Kier alpha value is -2.80. The largest absolute Gasteiger partial charge is 0.459 e. The number of benzene rings is 1. The number of amides is 2. The Bertz CT molecular complexity index is 761. The molecule has 0 radical (unpaired) electrons. The molecule has 1 heterocycles. The van der Waals surface area contributed by atoms with Gasteiger partial charge in [0.25, 0.3) is 11.8 Å². The molecule has 0 saturated carbocycles. The van der Waals surface area contributed by atoms with E-state index in [1.54, 1.807) is 31.2 Å². The monoisotopic (exact) mass is 378 g/mol. The van der Waals surface area contributed by atoms with Crippen LogP contribution in [0.15, 0.2) is 47.1 Å². The van der Waals surface area contributed by atoms with E-state index < -0.39 is 24.4 Å². The van der Waals surface area contributed by atoms with Crippen molar-refractivity contribution in [1.82, 2.24) is 10.6 Å². The minimum atomic E-state index is -0.588. The first-order chi connectivity index (χ1) is 12.5. The summed E-state index contributed by atoms with van der Waals surface area (Å²) in [6.07, 6.45) is 1.33. The van der Waals surface area contributed by atoms with E-state index in [0.29, 0.717) is 5.02 Å². The summed E-state index contributed by atoms with van der Waals surface area (Å²) in [5.41, 5.74) is 0.845. The predicted molar refractivity (Wildman–Crippen MR) is 94.6 cm³/mol. The summed E-state index contributed by atoms with van der Waals surface area (Å²) in [4.78, 5) is 35.1. The van der Waals surface area contributed by atoms with Crippen LogP contribution in [0.4, 0.5) is 0 Å². The molecule has 0 saturated heterocycles. The highest BCUT2D eigenvalue weighted by molar-refractivity contribution is 6.30. The fraction of sp³-hybridized carbons (Fsp3) is 0.278. The number of nitrogens with one attached hydrogen (secondary N) is 2. The predicted octanol–water partition coefficient (Wildman–Crippen LogP) is 2.47. The lowest BCUT2D eigenvalue weighted by molar-refractivity contribution is -0.148. The number of ether oxygens (including phenoxy) is 1. The third kappa shape index (κ3) is 6.25. The molecular weight excluding hydrogens is 360 g/mol. The van der Waals surface area contributed by atoms with E-state index in [-0.39, 0.29) is 24.8 Å². The maximum absolute atomic E-state index is 11.9. The van der Waals surface area contributed by atoms with Crippen molar-refractivity contribution >= 4 is 29.4 Å². The van der Waals surface area contributed by atoms with Gasteiger partial charge in [0.2, 0.25) is 0 Å². The number of carbonyl (C=O) groups excluding carboxylic acids is 3. The zero-order chi connectivity index (χ0) is 18.9. The van der Waals surface area contributed by atoms with Crippen LogP contribution in [-0.2, 0) is 14.3 Å². The van der Waals surface area contributed by atoms with Crippen LogP contribution in [-0.4, -0.2) is 30.9 Å². The molecule has 0 bridgehead atoms. The summed E-state index contributed by atoms with van der Waals surface area (Å²) in [7, 11) is 0. The summed E-state index contributed by atoms with van der Waals surface area (Å²) in [5, 5.41) is 5.81. The lowest BCUT2D eigenvalue weighted by atomic mass is 10.1. The molecule has 1 aromatic carbocycles. The van der Waals surface area contributed by atoms with Gasteiger partial charge in [-0.2, -0.15) is 0 Å². The van der Waals surface area contributed by atoms with Gasteiger partial charge in [-0.15, -0.1) is 0 Å². The Morgan fingerprint density at radius 3 is 2.73 bits per heavy atom. The van der Waals surface area contributed by atoms with E-state index in [9.17, 15) is 14.4 Å². The van der Waals surface area contributed by atoms with Crippen LogP contribution < -0.4 is 10.6 Å². The molecular formula is C18H19ClN2O5. The second-order valence-corrected chi connectivity index (χ2v) is 5.92. The standard InChI is InChI=1S/C18H19ClN2O5/c1-12(13-4-2-5-14(19)10-13)21-16(22)11-26-17(23)7-8-20-18(24)15-6-3-9-25-15/h2-6,9-10,12H,7-8,11H2,1H3,(H,20,24)(H,21,22)/t12-/m0/s1.